The van der Waals surface area contributed by atoms with Gasteiger partial charge in [0.2, 0.25) is 5.91 Å². The number of carbonyl (C=O) groups excluding carboxylic acids is 2. The van der Waals surface area contributed by atoms with Crippen LogP contribution >= 0.6 is 0 Å². The van der Waals surface area contributed by atoms with E-state index in [0.717, 1.165) is 0 Å². The molecule has 148 valence electrons. The summed E-state index contributed by atoms with van der Waals surface area (Å²) in [4.78, 5) is 36.7. The topological polar surface area (TPSA) is 94.8 Å². The van der Waals surface area contributed by atoms with Crippen LogP contribution < -0.4 is 15.7 Å². The molecule has 0 bridgehead atoms. The van der Waals surface area contributed by atoms with Crippen LogP contribution in [0.4, 0.5) is 5.69 Å². The maximum atomic E-state index is 12.7. The first-order valence-corrected chi connectivity index (χ1v) is 8.74. The zero-order valence-electron chi connectivity index (χ0n) is 15.9. The van der Waals surface area contributed by atoms with E-state index in [1.807, 2.05) is 0 Å². The lowest BCUT2D eigenvalue weighted by Crippen LogP contribution is -2.17. The van der Waals surface area contributed by atoms with Crippen LogP contribution in [0.15, 0.2) is 63.8 Å². The van der Waals surface area contributed by atoms with Crippen LogP contribution in [-0.4, -0.2) is 32.5 Å². The molecule has 0 aliphatic heterocycles. The zero-order valence-corrected chi connectivity index (χ0v) is 15.9. The molecule has 3 aromatic rings. The molecule has 1 N–H and O–H groups in total. The van der Waals surface area contributed by atoms with Crippen LogP contribution in [0.2, 0.25) is 0 Å². The first-order chi connectivity index (χ1) is 14.0. The number of carbonyl (C=O) groups is 2. The molecule has 0 spiro atoms. The predicted octanol–water partition coefficient (Wildman–Crippen LogP) is 3.28. The summed E-state index contributed by atoms with van der Waals surface area (Å²) in [5.74, 6) is -0.662. The first kappa shape index (κ1) is 20.0. The standard InChI is InChI=1S/C22H19NO6/c1-27-13-19(25)23-15-7-5-6-14(12-15)10-11-17(24)20-21(28-2)16-8-3-4-9-18(16)29-22(20)26/h3-12H,13H2,1-2H3,(H,23,25). The Morgan fingerprint density at radius 2 is 1.90 bits per heavy atom. The van der Waals surface area contributed by atoms with Gasteiger partial charge in [0.1, 0.15) is 23.5 Å². The summed E-state index contributed by atoms with van der Waals surface area (Å²) in [5, 5.41) is 3.22. The molecule has 0 saturated carbocycles. The average molecular weight is 393 g/mol. The van der Waals surface area contributed by atoms with E-state index in [0.29, 0.717) is 22.2 Å². The lowest BCUT2D eigenvalue weighted by molar-refractivity contribution is -0.119. The number of anilines is 1. The molecule has 1 aromatic heterocycles. The molecular weight excluding hydrogens is 374 g/mol. The van der Waals surface area contributed by atoms with Crippen molar-refractivity contribution >= 4 is 34.4 Å². The number of allylic oxidation sites excluding steroid dienone is 1. The van der Waals surface area contributed by atoms with E-state index in [-0.39, 0.29) is 23.8 Å². The normalized spacial score (nSPS) is 11.0. The SMILES string of the molecule is COCC(=O)Nc1cccc(C=CC(=O)c2c(OC)c3ccccc3oc2=O)c1. The smallest absolute Gasteiger partial charge is 0.351 e. The fourth-order valence-corrected chi connectivity index (χ4v) is 2.85. The van der Waals surface area contributed by atoms with Gasteiger partial charge in [-0.25, -0.2) is 4.79 Å². The summed E-state index contributed by atoms with van der Waals surface area (Å²) in [7, 11) is 2.83. The Morgan fingerprint density at radius 1 is 1.10 bits per heavy atom. The predicted molar refractivity (Wildman–Crippen MR) is 109 cm³/mol. The number of ether oxygens (including phenoxy) is 2. The van der Waals surface area contributed by atoms with Gasteiger partial charge in [-0.05, 0) is 35.9 Å². The van der Waals surface area contributed by atoms with Crippen molar-refractivity contribution in [3.05, 3.63) is 76.2 Å². The number of ketones is 1. The van der Waals surface area contributed by atoms with E-state index in [1.165, 1.54) is 20.3 Å². The molecule has 29 heavy (non-hydrogen) atoms. The molecule has 0 saturated heterocycles. The Hall–Kier alpha value is -3.71. The summed E-state index contributed by atoms with van der Waals surface area (Å²) in [6, 6.07) is 13.7. The number of hydrogen-bond donors (Lipinski definition) is 1. The van der Waals surface area contributed by atoms with Gasteiger partial charge in [-0.3, -0.25) is 9.59 Å². The number of rotatable bonds is 7. The van der Waals surface area contributed by atoms with Gasteiger partial charge in [0, 0.05) is 12.8 Å². The lowest BCUT2D eigenvalue weighted by atomic mass is 10.1. The average Bonchev–Trinajstić information content (AvgIpc) is 2.71. The summed E-state index contributed by atoms with van der Waals surface area (Å²) in [6.45, 7) is -0.0594. The number of hydrogen-bond acceptors (Lipinski definition) is 6. The van der Waals surface area contributed by atoms with Crippen molar-refractivity contribution in [3.63, 3.8) is 0 Å². The van der Waals surface area contributed by atoms with Crippen molar-refractivity contribution in [1.29, 1.82) is 0 Å². The fraction of sp³-hybridized carbons (Fsp3) is 0.136. The number of para-hydroxylation sites is 1. The minimum atomic E-state index is -0.768. The Bertz CT molecular complexity index is 1150. The first-order valence-electron chi connectivity index (χ1n) is 8.74. The number of nitrogens with one attached hydrogen (secondary N) is 1. The fourth-order valence-electron chi connectivity index (χ4n) is 2.85. The molecule has 0 radical (unpaired) electrons. The Morgan fingerprint density at radius 3 is 2.66 bits per heavy atom. The Balaban J connectivity index is 1.89. The minimum Gasteiger partial charge on any atom is -0.495 e. The number of benzene rings is 2. The number of methoxy groups -OCH3 is 2. The number of fused-ring (bicyclic) bond motifs is 1. The lowest BCUT2D eigenvalue weighted by Gasteiger charge is -2.08. The molecule has 7 heteroatoms. The highest BCUT2D eigenvalue weighted by atomic mass is 16.5. The van der Waals surface area contributed by atoms with Crippen molar-refractivity contribution in [1.82, 2.24) is 0 Å². The van der Waals surface area contributed by atoms with E-state index < -0.39 is 11.4 Å². The Labute approximate surface area is 166 Å². The van der Waals surface area contributed by atoms with E-state index in [1.54, 1.807) is 54.6 Å². The summed E-state index contributed by atoms with van der Waals surface area (Å²) < 4.78 is 15.3. The highest BCUT2D eigenvalue weighted by Gasteiger charge is 2.20. The van der Waals surface area contributed by atoms with Gasteiger partial charge in [-0.2, -0.15) is 0 Å². The molecule has 2 aromatic carbocycles. The molecular formula is C22H19NO6. The van der Waals surface area contributed by atoms with Gasteiger partial charge in [0.05, 0.1) is 12.5 Å². The molecule has 0 aliphatic rings. The van der Waals surface area contributed by atoms with Crippen molar-refractivity contribution in [2.75, 3.05) is 26.1 Å². The van der Waals surface area contributed by atoms with Crippen LogP contribution in [0.1, 0.15) is 15.9 Å². The summed E-state index contributed by atoms with van der Waals surface area (Å²) >= 11 is 0. The van der Waals surface area contributed by atoms with Gasteiger partial charge in [0.15, 0.2) is 5.78 Å². The van der Waals surface area contributed by atoms with E-state index in [2.05, 4.69) is 5.32 Å². The second-order valence-corrected chi connectivity index (χ2v) is 6.10. The van der Waals surface area contributed by atoms with Crippen molar-refractivity contribution < 1.29 is 23.5 Å². The van der Waals surface area contributed by atoms with E-state index >= 15 is 0 Å². The van der Waals surface area contributed by atoms with Gasteiger partial charge in [-0.15, -0.1) is 0 Å². The van der Waals surface area contributed by atoms with E-state index in [4.69, 9.17) is 13.9 Å². The third kappa shape index (κ3) is 4.59. The van der Waals surface area contributed by atoms with Gasteiger partial charge >= 0.3 is 5.63 Å². The van der Waals surface area contributed by atoms with E-state index in [9.17, 15) is 14.4 Å². The molecule has 0 atom stereocenters. The van der Waals surface area contributed by atoms with Crippen molar-refractivity contribution in [2.45, 2.75) is 0 Å². The van der Waals surface area contributed by atoms with Crippen molar-refractivity contribution in [3.8, 4) is 5.75 Å². The molecule has 0 unspecified atom stereocenters. The van der Waals surface area contributed by atoms with Gasteiger partial charge < -0.3 is 19.2 Å². The second-order valence-electron chi connectivity index (χ2n) is 6.10. The molecule has 3 rings (SSSR count). The second kappa shape index (κ2) is 8.99. The Kier molecular flexibility index (Phi) is 6.21. The van der Waals surface area contributed by atoms with Crippen molar-refractivity contribution in [2.24, 2.45) is 0 Å². The zero-order chi connectivity index (χ0) is 20.8. The molecule has 1 amide bonds. The van der Waals surface area contributed by atoms with Gasteiger partial charge in [0.25, 0.3) is 0 Å². The molecule has 1 heterocycles. The third-order valence-corrected chi connectivity index (χ3v) is 4.09. The molecule has 7 nitrogen and oxygen atoms in total. The van der Waals surface area contributed by atoms with Crippen LogP contribution in [0.3, 0.4) is 0 Å². The highest BCUT2D eigenvalue weighted by molar-refractivity contribution is 6.10. The monoisotopic (exact) mass is 393 g/mol. The highest BCUT2D eigenvalue weighted by Crippen LogP contribution is 2.27. The third-order valence-electron chi connectivity index (χ3n) is 4.09. The number of amides is 1. The minimum absolute atomic E-state index is 0.0594. The molecule has 0 fully saturated rings. The summed E-state index contributed by atoms with van der Waals surface area (Å²) in [6.07, 6.45) is 2.81. The maximum Gasteiger partial charge on any atom is 0.351 e. The van der Waals surface area contributed by atoms with Crippen LogP contribution in [-0.2, 0) is 9.53 Å². The maximum absolute atomic E-state index is 12.7. The largest absolute Gasteiger partial charge is 0.495 e. The molecule has 0 aliphatic carbocycles. The van der Waals surface area contributed by atoms with Crippen LogP contribution in [0.5, 0.6) is 5.75 Å². The van der Waals surface area contributed by atoms with Gasteiger partial charge in [-0.1, -0.05) is 30.3 Å². The van der Waals surface area contributed by atoms with Crippen LogP contribution in [0, 0.1) is 0 Å². The van der Waals surface area contributed by atoms with Crippen LogP contribution in [0.25, 0.3) is 17.0 Å². The quantitative estimate of drug-likeness (QED) is 0.376. The summed E-state index contributed by atoms with van der Waals surface area (Å²) in [5.41, 5.74) is 0.624.